The molecule has 14 heavy (non-hydrogen) atoms. The average molecular weight is 206 g/mol. The summed E-state index contributed by atoms with van der Waals surface area (Å²) in [5.74, 6) is -4.34. The van der Waals surface area contributed by atoms with E-state index < -0.39 is 33.6 Å². The van der Waals surface area contributed by atoms with Gasteiger partial charge in [0.15, 0.2) is 5.83 Å². The quantitative estimate of drug-likeness (QED) is 0.387. The van der Waals surface area contributed by atoms with E-state index in [0.29, 0.717) is 12.2 Å². The summed E-state index contributed by atoms with van der Waals surface area (Å²) in [7, 11) is 0. The van der Waals surface area contributed by atoms with Crippen molar-refractivity contribution in [3.8, 4) is 0 Å². The van der Waals surface area contributed by atoms with Crippen molar-refractivity contribution in [1.82, 2.24) is 0 Å². The minimum absolute atomic E-state index is 0.356. The van der Waals surface area contributed by atoms with E-state index in [1.54, 1.807) is 0 Å². The third-order valence-corrected chi connectivity index (χ3v) is 1.70. The highest BCUT2D eigenvalue weighted by atomic mass is 19.1. The Morgan fingerprint density at radius 2 is 2.00 bits per heavy atom. The van der Waals surface area contributed by atoms with E-state index in [1.807, 2.05) is 0 Å². The van der Waals surface area contributed by atoms with Crippen LogP contribution in [0.2, 0.25) is 0 Å². The number of nitrogens with zero attached hydrogens (tertiary/aromatic N) is 2. The molecule has 0 aromatic rings. The third-order valence-electron chi connectivity index (χ3n) is 1.70. The Morgan fingerprint density at radius 1 is 1.43 bits per heavy atom. The van der Waals surface area contributed by atoms with E-state index in [-0.39, 0.29) is 0 Å². The summed E-state index contributed by atoms with van der Waals surface area (Å²) in [6.45, 7) is 0. The van der Waals surface area contributed by atoms with Gasteiger partial charge in [0.05, 0.1) is 9.85 Å². The summed E-state index contributed by atoms with van der Waals surface area (Å²) in [6.07, 6.45) is -0.449. The van der Waals surface area contributed by atoms with Crippen LogP contribution in [0.3, 0.4) is 0 Å². The molecule has 0 saturated carbocycles. The Labute approximate surface area is 75.8 Å². The zero-order valence-electron chi connectivity index (χ0n) is 6.65. The Morgan fingerprint density at radius 3 is 2.43 bits per heavy atom. The van der Waals surface area contributed by atoms with Crippen LogP contribution >= 0.6 is 0 Å². The standard InChI is InChI=1S/C6H4F2N2O4/c7-4-1-2-6(8,10(13)14)3-5(4)9(11)12/h1-2H,3H2. The zero-order valence-corrected chi connectivity index (χ0v) is 6.65. The monoisotopic (exact) mass is 206 g/mol. The highest BCUT2D eigenvalue weighted by Crippen LogP contribution is 2.31. The fraction of sp³-hybridized carbons (Fsp3) is 0.333. The summed E-state index contributed by atoms with van der Waals surface area (Å²) in [5, 5.41) is 20.3. The van der Waals surface area contributed by atoms with Gasteiger partial charge in [0.25, 0.3) is 5.70 Å². The molecule has 1 rings (SSSR count). The van der Waals surface area contributed by atoms with Gasteiger partial charge in [-0.05, 0) is 6.08 Å². The largest absolute Gasteiger partial charge is 0.388 e. The van der Waals surface area contributed by atoms with Crippen LogP contribution in [0.15, 0.2) is 23.7 Å². The number of hydrogen-bond donors (Lipinski definition) is 0. The van der Waals surface area contributed by atoms with Crippen LogP contribution in [0.25, 0.3) is 0 Å². The second kappa shape index (κ2) is 3.13. The minimum Gasteiger partial charge on any atom is -0.261 e. The highest BCUT2D eigenvalue weighted by molar-refractivity contribution is 5.24. The van der Waals surface area contributed by atoms with Gasteiger partial charge in [-0.25, -0.2) is 0 Å². The van der Waals surface area contributed by atoms with Crippen LogP contribution in [0.4, 0.5) is 8.78 Å². The maximum absolute atomic E-state index is 13.2. The van der Waals surface area contributed by atoms with Gasteiger partial charge in [-0.2, -0.15) is 8.78 Å². The molecule has 8 heteroatoms. The van der Waals surface area contributed by atoms with Crippen molar-refractivity contribution >= 4 is 0 Å². The van der Waals surface area contributed by atoms with E-state index >= 15 is 0 Å². The molecular weight excluding hydrogens is 202 g/mol. The molecule has 6 nitrogen and oxygen atoms in total. The third kappa shape index (κ3) is 1.58. The van der Waals surface area contributed by atoms with Crippen molar-refractivity contribution in [1.29, 1.82) is 0 Å². The Hall–Kier alpha value is -1.86. The predicted octanol–water partition coefficient (Wildman–Crippen LogP) is 1.35. The van der Waals surface area contributed by atoms with Crippen molar-refractivity contribution in [2.75, 3.05) is 0 Å². The molecule has 0 radical (unpaired) electrons. The van der Waals surface area contributed by atoms with E-state index in [4.69, 9.17) is 0 Å². The molecule has 0 amide bonds. The average Bonchev–Trinajstić information content (AvgIpc) is 2.09. The van der Waals surface area contributed by atoms with Gasteiger partial charge >= 0.3 is 5.79 Å². The zero-order chi connectivity index (χ0) is 10.9. The van der Waals surface area contributed by atoms with Crippen LogP contribution in [-0.4, -0.2) is 15.6 Å². The molecule has 1 aliphatic rings. The first-order valence-electron chi connectivity index (χ1n) is 3.42. The van der Waals surface area contributed by atoms with Gasteiger partial charge in [0.1, 0.15) is 6.42 Å². The number of allylic oxidation sites excluding steroid dienone is 2. The minimum atomic E-state index is -3.09. The van der Waals surface area contributed by atoms with Crippen molar-refractivity contribution in [3.05, 3.63) is 43.9 Å². The topological polar surface area (TPSA) is 86.3 Å². The lowest BCUT2D eigenvalue weighted by Crippen LogP contribution is -2.34. The van der Waals surface area contributed by atoms with Gasteiger partial charge in [-0.15, -0.1) is 0 Å². The van der Waals surface area contributed by atoms with E-state index in [1.165, 1.54) is 0 Å². The molecule has 0 aromatic carbocycles. The number of nitro groups is 2. The molecule has 0 aliphatic heterocycles. The van der Waals surface area contributed by atoms with E-state index in [9.17, 15) is 29.0 Å². The van der Waals surface area contributed by atoms with Crippen molar-refractivity contribution < 1.29 is 18.6 Å². The first-order valence-corrected chi connectivity index (χ1v) is 3.42. The molecule has 0 bridgehead atoms. The van der Waals surface area contributed by atoms with Crippen LogP contribution in [-0.2, 0) is 0 Å². The molecular formula is C6H4F2N2O4. The maximum atomic E-state index is 13.2. The van der Waals surface area contributed by atoms with Crippen molar-refractivity contribution in [2.45, 2.75) is 12.2 Å². The maximum Gasteiger partial charge on any atom is 0.388 e. The van der Waals surface area contributed by atoms with Crippen LogP contribution < -0.4 is 0 Å². The lowest BCUT2D eigenvalue weighted by Gasteiger charge is -2.13. The molecule has 0 spiro atoms. The Bertz CT molecular complexity index is 365. The molecule has 1 unspecified atom stereocenters. The Kier molecular flexibility index (Phi) is 2.28. The van der Waals surface area contributed by atoms with Gasteiger partial charge in [-0.1, -0.05) is 0 Å². The fourth-order valence-electron chi connectivity index (χ4n) is 0.952. The van der Waals surface area contributed by atoms with Crippen molar-refractivity contribution in [2.24, 2.45) is 0 Å². The first kappa shape index (κ1) is 10.2. The number of alkyl halides is 1. The Balaban J connectivity index is 3.07. The molecule has 0 fully saturated rings. The highest BCUT2D eigenvalue weighted by Gasteiger charge is 2.48. The number of hydrogen-bond acceptors (Lipinski definition) is 4. The summed E-state index contributed by atoms with van der Waals surface area (Å²) in [4.78, 5) is 17.8. The molecule has 0 heterocycles. The summed E-state index contributed by atoms with van der Waals surface area (Å²) in [6, 6.07) is 0. The summed E-state index contributed by atoms with van der Waals surface area (Å²) < 4.78 is 25.9. The lowest BCUT2D eigenvalue weighted by atomic mass is 10.0. The molecule has 0 aromatic heterocycles. The number of halogens is 2. The smallest absolute Gasteiger partial charge is 0.261 e. The first-order chi connectivity index (χ1) is 6.37. The van der Waals surface area contributed by atoms with Gasteiger partial charge in [0.2, 0.25) is 0 Å². The van der Waals surface area contributed by atoms with Crippen LogP contribution in [0.5, 0.6) is 0 Å². The second-order valence-electron chi connectivity index (χ2n) is 2.64. The normalized spacial score (nSPS) is 26.4. The molecule has 1 aliphatic carbocycles. The summed E-state index contributed by atoms with van der Waals surface area (Å²) in [5.41, 5.74) is -1.12. The molecule has 76 valence electrons. The van der Waals surface area contributed by atoms with Gasteiger partial charge in [0, 0.05) is 6.08 Å². The fourth-order valence-corrected chi connectivity index (χ4v) is 0.952. The van der Waals surface area contributed by atoms with Gasteiger partial charge < -0.3 is 0 Å². The molecule has 0 saturated heterocycles. The lowest BCUT2D eigenvalue weighted by molar-refractivity contribution is -0.595. The number of rotatable bonds is 2. The predicted molar refractivity (Wildman–Crippen MR) is 39.7 cm³/mol. The molecule has 0 N–H and O–H groups in total. The van der Waals surface area contributed by atoms with E-state index in [2.05, 4.69) is 0 Å². The van der Waals surface area contributed by atoms with E-state index in [0.717, 1.165) is 0 Å². The summed E-state index contributed by atoms with van der Waals surface area (Å²) >= 11 is 0. The van der Waals surface area contributed by atoms with Crippen LogP contribution in [0.1, 0.15) is 6.42 Å². The second-order valence-corrected chi connectivity index (χ2v) is 2.64. The van der Waals surface area contributed by atoms with Crippen molar-refractivity contribution in [3.63, 3.8) is 0 Å². The van der Waals surface area contributed by atoms with Gasteiger partial charge in [-0.3, -0.25) is 20.2 Å². The van der Waals surface area contributed by atoms with Crippen LogP contribution in [0, 0.1) is 20.2 Å². The SMILES string of the molecule is O=[N+]([O-])C1=C(F)C=CC(F)([N+](=O)[O-])C1. The molecule has 1 atom stereocenters.